The van der Waals surface area contributed by atoms with E-state index in [4.69, 9.17) is 14.2 Å². The lowest BCUT2D eigenvalue weighted by molar-refractivity contribution is -0.384. The van der Waals surface area contributed by atoms with Gasteiger partial charge in [-0.05, 0) is 79.9 Å². The summed E-state index contributed by atoms with van der Waals surface area (Å²) in [6.07, 6.45) is 4.44. The van der Waals surface area contributed by atoms with E-state index in [1.807, 2.05) is 34.6 Å². The molecule has 0 bridgehead atoms. The molecule has 0 saturated heterocycles. The quantitative estimate of drug-likeness (QED) is 0.326. The first-order chi connectivity index (χ1) is 9.33. The minimum atomic E-state index is -1.61. The fraction of sp³-hybridized carbons (Fsp3) is 0.882. The Morgan fingerprint density at radius 3 is 1.86 bits per heavy atom. The normalized spacial score (nSPS) is 19.2. The maximum Gasteiger partial charge on any atom is 0.185 e. The third kappa shape index (κ3) is 7.46. The van der Waals surface area contributed by atoms with E-state index in [2.05, 4.69) is 31.5 Å². The van der Waals surface area contributed by atoms with Crippen LogP contribution in [0.1, 0.15) is 60.3 Å². The van der Waals surface area contributed by atoms with Crippen molar-refractivity contribution in [3.63, 3.8) is 0 Å². The smallest absolute Gasteiger partial charge is 0.185 e. The molecule has 0 unspecified atom stereocenters. The highest BCUT2D eigenvalue weighted by atomic mass is 28.4. The van der Waals surface area contributed by atoms with Crippen LogP contribution in [-0.4, -0.2) is 25.1 Å². The van der Waals surface area contributed by atoms with Gasteiger partial charge in [-0.3, -0.25) is 0 Å². The number of rotatable bonds is 4. The van der Waals surface area contributed by atoms with Crippen molar-refractivity contribution in [2.24, 2.45) is 0 Å². The minimum Gasteiger partial charge on any atom is -0.402 e. The molecule has 0 atom stereocenters. The zero-order valence-electron chi connectivity index (χ0n) is 15.1. The Balaban J connectivity index is 2.80. The van der Waals surface area contributed by atoms with E-state index in [1.165, 1.54) is 12.8 Å². The van der Waals surface area contributed by atoms with Gasteiger partial charge >= 0.3 is 0 Å². The fourth-order valence-corrected chi connectivity index (χ4v) is 3.73. The number of hydrogen-bond donors (Lipinski definition) is 0. The zero-order chi connectivity index (χ0) is 16.4. The number of hydrogen-bond acceptors (Lipinski definition) is 3. The Hall–Kier alpha value is -0.343. The largest absolute Gasteiger partial charge is 0.402 e. The lowest BCUT2D eigenvalue weighted by atomic mass is 10.0. The minimum absolute atomic E-state index is 0.271. The maximum atomic E-state index is 6.40. The van der Waals surface area contributed by atoms with E-state index in [0.717, 1.165) is 12.8 Å². The van der Waals surface area contributed by atoms with Crippen LogP contribution >= 0.6 is 0 Å². The van der Waals surface area contributed by atoms with Crippen molar-refractivity contribution in [2.45, 2.75) is 96.7 Å². The summed E-state index contributed by atoms with van der Waals surface area (Å²) in [6.45, 7) is 16.4. The molecule has 1 rings (SSSR count). The molecule has 1 aliphatic carbocycles. The summed E-state index contributed by atoms with van der Waals surface area (Å²) in [7, 11) is -1.61. The molecule has 4 heteroatoms. The van der Waals surface area contributed by atoms with Gasteiger partial charge in [0.2, 0.25) is 0 Å². The Kier molecular flexibility index (Phi) is 5.71. The Morgan fingerprint density at radius 2 is 1.43 bits per heavy atom. The highest BCUT2D eigenvalue weighted by Crippen LogP contribution is 2.35. The molecular formula is C17H32O3Si. The molecule has 0 spiro atoms. The topological polar surface area (TPSA) is 27.7 Å². The predicted molar refractivity (Wildman–Crippen MR) is 89.4 cm³/mol. The summed E-state index contributed by atoms with van der Waals surface area (Å²) in [5.41, 5.74) is -1.24. The molecule has 122 valence electrons. The van der Waals surface area contributed by atoms with Crippen LogP contribution in [0, 0.1) is 11.8 Å². The summed E-state index contributed by atoms with van der Waals surface area (Å²) in [4.78, 5) is 10.9. The average molecular weight is 313 g/mol. The summed E-state index contributed by atoms with van der Waals surface area (Å²) in [6, 6.07) is 0. The van der Waals surface area contributed by atoms with Gasteiger partial charge in [-0.15, -0.1) is 0 Å². The molecule has 0 radical (unpaired) electrons. The zero-order valence-corrected chi connectivity index (χ0v) is 16.1. The van der Waals surface area contributed by atoms with E-state index in [1.54, 1.807) is 0 Å². The third-order valence-corrected chi connectivity index (χ3v) is 4.01. The lowest BCUT2D eigenvalue weighted by Gasteiger charge is -2.32. The Labute approximate surface area is 131 Å². The second-order valence-corrected chi connectivity index (χ2v) is 12.9. The van der Waals surface area contributed by atoms with Gasteiger partial charge in [0, 0.05) is 0 Å². The van der Waals surface area contributed by atoms with Crippen molar-refractivity contribution in [3.8, 4) is 11.8 Å². The molecule has 1 aliphatic rings. The van der Waals surface area contributed by atoms with E-state index >= 15 is 0 Å². The van der Waals surface area contributed by atoms with Crippen molar-refractivity contribution in [1.29, 1.82) is 0 Å². The van der Waals surface area contributed by atoms with Gasteiger partial charge < -0.3 is 4.43 Å². The summed E-state index contributed by atoms with van der Waals surface area (Å²) < 4.78 is 6.40. The highest BCUT2D eigenvalue weighted by Gasteiger charge is 2.37. The van der Waals surface area contributed by atoms with Gasteiger partial charge in [-0.2, -0.15) is 0 Å². The third-order valence-electron chi connectivity index (χ3n) is 3.00. The first-order valence-electron chi connectivity index (χ1n) is 7.94. The van der Waals surface area contributed by atoms with Crippen molar-refractivity contribution in [3.05, 3.63) is 0 Å². The first kappa shape index (κ1) is 18.7. The van der Waals surface area contributed by atoms with E-state index < -0.39 is 13.9 Å². The monoisotopic (exact) mass is 312 g/mol. The molecule has 3 nitrogen and oxygen atoms in total. The van der Waals surface area contributed by atoms with Crippen LogP contribution in [0.4, 0.5) is 0 Å². The molecule has 0 aliphatic heterocycles. The van der Waals surface area contributed by atoms with Crippen molar-refractivity contribution < 1.29 is 14.2 Å². The molecule has 0 heterocycles. The van der Waals surface area contributed by atoms with Gasteiger partial charge in [-0.25, -0.2) is 9.78 Å². The van der Waals surface area contributed by atoms with Gasteiger partial charge in [0.15, 0.2) is 13.9 Å². The second kappa shape index (κ2) is 6.42. The van der Waals surface area contributed by atoms with Gasteiger partial charge in [0.25, 0.3) is 0 Å². The maximum absolute atomic E-state index is 6.40. The van der Waals surface area contributed by atoms with Gasteiger partial charge in [0.1, 0.15) is 5.60 Å². The summed E-state index contributed by atoms with van der Waals surface area (Å²) >= 11 is 0. The summed E-state index contributed by atoms with van der Waals surface area (Å²) in [5.74, 6) is 6.62. The van der Waals surface area contributed by atoms with Crippen LogP contribution in [0.3, 0.4) is 0 Å². The van der Waals surface area contributed by atoms with Crippen LogP contribution < -0.4 is 0 Å². The van der Waals surface area contributed by atoms with Crippen LogP contribution in [0.2, 0.25) is 19.6 Å². The molecule has 1 fully saturated rings. The van der Waals surface area contributed by atoms with Crippen LogP contribution in [0.5, 0.6) is 0 Å². The molecule has 0 amide bonds. The van der Waals surface area contributed by atoms with Crippen LogP contribution in [0.15, 0.2) is 0 Å². The molecule has 0 aromatic rings. The van der Waals surface area contributed by atoms with E-state index in [9.17, 15) is 0 Å². The molecule has 0 N–H and O–H groups in total. The molecule has 0 aromatic heterocycles. The van der Waals surface area contributed by atoms with Crippen LogP contribution in [-0.2, 0) is 14.2 Å². The van der Waals surface area contributed by atoms with E-state index in [0.29, 0.717) is 0 Å². The van der Waals surface area contributed by atoms with Gasteiger partial charge in [0.05, 0.1) is 5.60 Å². The van der Waals surface area contributed by atoms with Crippen molar-refractivity contribution in [1.82, 2.24) is 0 Å². The first-order valence-corrected chi connectivity index (χ1v) is 11.3. The predicted octanol–water partition coefficient (Wildman–Crippen LogP) is 4.68. The van der Waals surface area contributed by atoms with Crippen LogP contribution in [0.25, 0.3) is 0 Å². The highest BCUT2D eigenvalue weighted by molar-refractivity contribution is 6.69. The molecule has 0 aromatic carbocycles. The molecule has 21 heavy (non-hydrogen) atoms. The SMILES string of the molecule is CC(C)(C)OOC(C)(C)C#CC1(O[Si](C)(C)C)CCCC1. The summed E-state index contributed by atoms with van der Waals surface area (Å²) in [5, 5.41) is 0. The van der Waals surface area contributed by atoms with E-state index in [-0.39, 0.29) is 11.2 Å². The lowest BCUT2D eigenvalue weighted by Crippen LogP contribution is -2.40. The second-order valence-electron chi connectivity index (χ2n) is 8.46. The Morgan fingerprint density at radius 1 is 0.905 bits per heavy atom. The van der Waals surface area contributed by atoms with Crippen molar-refractivity contribution in [2.75, 3.05) is 0 Å². The fourth-order valence-electron chi connectivity index (χ4n) is 2.30. The molecular weight excluding hydrogens is 280 g/mol. The average Bonchev–Trinajstić information content (AvgIpc) is 2.70. The Bertz CT molecular complexity index is 398. The molecule has 1 saturated carbocycles. The van der Waals surface area contributed by atoms with Gasteiger partial charge in [-0.1, -0.05) is 11.8 Å². The standard InChI is InChI=1S/C17H32O3Si/c1-15(2,3)18-19-16(4,5)13-14-17(11-9-10-12-17)20-21(6,7)8/h9-12H2,1-8H3. The van der Waals surface area contributed by atoms with Crippen molar-refractivity contribution >= 4 is 8.32 Å².